The molecule has 3 aromatic rings. The SMILES string of the molecule is COc1ccc(NC(=O)N2CCN(C(=O)c3ccc4c(c3)OCO4)C2C(=O)NCc2cccc(CN)c2)cc1. The van der Waals surface area contributed by atoms with E-state index < -0.39 is 24.0 Å². The maximum atomic E-state index is 13.6. The fraction of sp³-hybridized carbons (Fsp3) is 0.250. The summed E-state index contributed by atoms with van der Waals surface area (Å²) in [5, 5.41) is 5.68. The molecule has 11 heteroatoms. The van der Waals surface area contributed by atoms with Gasteiger partial charge in [0, 0.05) is 37.4 Å². The second-order valence-corrected chi connectivity index (χ2v) is 9.03. The number of amides is 4. The van der Waals surface area contributed by atoms with Gasteiger partial charge in [0.25, 0.3) is 11.8 Å². The van der Waals surface area contributed by atoms with E-state index in [1.165, 1.54) is 9.80 Å². The highest BCUT2D eigenvalue weighted by atomic mass is 16.7. The summed E-state index contributed by atoms with van der Waals surface area (Å²) in [6, 6.07) is 18.7. The number of hydrogen-bond donors (Lipinski definition) is 3. The van der Waals surface area contributed by atoms with Crippen LogP contribution in [-0.2, 0) is 17.9 Å². The summed E-state index contributed by atoms with van der Waals surface area (Å²) in [7, 11) is 1.55. The number of nitrogens with one attached hydrogen (secondary N) is 2. The molecule has 202 valence electrons. The van der Waals surface area contributed by atoms with Crippen LogP contribution in [0.15, 0.2) is 66.7 Å². The molecule has 0 aliphatic carbocycles. The summed E-state index contributed by atoms with van der Waals surface area (Å²) in [6.45, 7) is 1.00. The maximum Gasteiger partial charge on any atom is 0.323 e. The van der Waals surface area contributed by atoms with Crippen LogP contribution in [0.4, 0.5) is 10.5 Å². The summed E-state index contributed by atoms with van der Waals surface area (Å²) in [4.78, 5) is 43.2. The quantitative estimate of drug-likeness (QED) is 0.426. The van der Waals surface area contributed by atoms with E-state index in [0.29, 0.717) is 35.0 Å². The average molecular weight is 532 g/mol. The summed E-state index contributed by atoms with van der Waals surface area (Å²) < 4.78 is 15.9. The van der Waals surface area contributed by atoms with Crippen LogP contribution in [0.5, 0.6) is 17.2 Å². The Hall–Kier alpha value is -4.77. The molecule has 0 spiro atoms. The van der Waals surface area contributed by atoms with Gasteiger partial charge in [-0.3, -0.25) is 14.5 Å². The molecule has 4 N–H and O–H groups in total. The Kier molecular flexibility index (Phi) is 7.50. The largest absolute Gasteiger partial charge is 0.497 e. The molecule has 39 heavy (non-hydrogen) atoms. The minimum Gasteiger partial charge on any atom is -0.497 e. The Morgan fingerprint density at radius 3 is 2.46 bits per heavy atom. The van der Waals surface area contributed by atoms with E-state index in [1.807, 2.05) is 24.3 Å². The molecule has 1 saturated heterocycles. The number of benzene rings is 3. The Bertz CT molecular complexity index is 1380. The molecule has 11 nitrogen and oxygen atoms in total. The molecule has 1 fully saturated rings. The molecule has 0 radical (unpaired) electrons. The minimum atomic E-state index is -1.17. The van der Waals surface area contributed by atoms with E-state index in [9.17, 15) is 14.4 Å². The van der Waals surface area contributed by atoms with Crippen LogP contribution in [0.25, 0.3) is 0 Å². The van der Waals surface area contributed by atoms with Crippen molar-refractivity contribution in [3.8, 4) is 17.2 Å². The number of ether oxygens (including phenoxy) is 3. The fourth-order valence-electron chi connectivity index (χ4n) is 4.55. The van der Waals surface area contributed by atoms with Gasteiger partial charge in [0.1, 0.15) is 5.75 Å². The standard InChI is InChI=1S/C28H29N5O6/c1-37-22-8-6-21(7-9-22)31-28(36)33-12-11-32(27(35)20-5-10-23-24(14-20)39-17-38-23)26(33)25(34)30-16-19-4-2-3-18(13-19)15-29/h2-10,13-14,26H,11-12,15-17,29H2,1H3,(H,30,34)(H,31,36). The van der Waals surface area contributed by atoms with Gasteiger partial charge in [-0.1, -0.05) is 24.3 Å². The predicted molar refractivity (Wildman–Crippen MR) is 142 cm³/mol. The van der Waals surface area contributed by atoms with Crippen LogP contribution in [0.1, 0.15) is 21.5 Å². The number of nitrogens with two attached hydrogens (primary N) is 1. The van der Waals surface area contributed by atoms with Gasteiger partial charge in [-0.15, -0.1) is 0 Å². The van der Waals surface area contributed by atoms with E-state index in [-0.39, 0.29) is 26.4 Å². The van der Waals surface area contributed by atoms with Crippen molar-refractivity contribution in [3.63, 3.8) is 0 Å². The van der Waals surface area contributed by atoms with Gasteiger partial charge >= 0.3 is 6.03 Å². The topological polar surface area (TPSA) is 135 Å². The molecule has 1 unspecified atom stereocenters. The molecule has 2 heterocycles. The first-order chi connectivity index (χ1) is 19.0. The van der Waals surface area contributed by atoms with Crippen molar-refractivity contribution in [2.75, 3.05) is 32.3 Å². The molecule has 4 amide bonds. The second kappa shape index (κ2) is 11.3. The third kappa shape index (κ3) is 5.58. The highest BCUT2D eigenvalue weighted by molar-refractivity contribution is 6.01. The van der Waals surface area contributed by atoms with E-state index >= 15 is 0 Å². The van der Waals surface area contributed by atoms with Crippen LogP contribution < -0.4 is 30.6 Å². The lowest BCUT2D eigenvalue weighted by atomic mass is 10.1. The summed E-state index contributed by atoms with van der Waals surface area (Å²) in [6.07, 6.45) is -1.17. The first-order valence-electron chi connectivity index (χ1n) is 12.4. The van der Waals surface area contributed by atoms with Crippen molar-refractivity contribution in [1.29, 1.82) is 0 Å². The zero-order chi connectivity index (χ0) is 27.4. The van der Waals surface area contributed by atoms with Crippen LogP contribution in [-0.4, -0.2) is 60.8 Å². The lowest BCUT2D eigenvalue weighted by Crippen LogP contribution is -2.54. The molecule has 0 saturated carbocycles. The van der Waals surface area contributed by atoms with Crippen molar-refractivity contribution in [1.82, 2.24) is 15.1 Å². The number of nitrogens with zero attached hydrogens (tertiary/aromatic N) is 2. The van der Waals surface area contributed by atoms with E-state index in [4.69, 9.17) is 19.9 Å². The first kappa shape index (κ1) is 25.9. The van der Waals surface area contributed by atoms with Crippen molar-refractivity contribution >= 4 is 23.5 Å². The Morgan fingerprint density at radius 2 is 1.69 bits per heavy atom. The second-order valence-electron chi connectivity index (χ2n) is 9.03. The van der Waals surface area contributed by atoms with Crippen molar-refractivity contribution < 1.29 is 28.6 Å². The number of hydrogen-bond acceptors (Lipinski definition) is 7. The Balaban J connectivity index is 1.37. The number of urea groups is 1. The van der Waals surface area contributed by atoms with E-state index in [2.05, 4.69) is 10.6 Å². The molecule has 2 aliphatic heterocycles. The molecular formula is C28H29N5O6. The maximum absolute atomic E-state index is 13.6. The number of carbonyl (C=O) groups is 3. The van der Waals surface area contributed by atoms with Crippen LogP contribution in [0.2, 0.25) is 0 Å². The lowest BCUT2D eigenvalue weighted by molar-refractivity contribution is -0.128. The van der Waals surface area contributed by atoms with Crippen LogP contribution in [0, 0.1) is 0 Å². The number of rotatable bonds is 7. The normalized spacial score (nSPS) is 15.7. The van der Waals surface area contributed by atoms with Crippen molar-refractivity contribution in [2.45, 2.75) is 19.3 Å². The lowest BCUT2D eigenvalue weighted by Gasteiger charge is -2.29. The van der Waals surface area contributed by atoms with Crippen LogP contribution >= 0.6 is 0 Å². The van der Waals surface area contributed by atoms with Crippen molar-refractivity contribution in [3.05, 3.63) is 83.4 Å². The van der Waals surface area contributed by atoms with Gasteiger partial charge in [0.05, 0.1) is 7.11 Å². The predicted octanol–water partition coefficient (Wildman–Crippen LogP) is 2.51. The molecule has 0 aromatic heterocycles. The molecule has 3 aromatic carbocycles. The highest BCUT2D eigenvalue weighted by Crippen LogP contribution is 2.33. The minimum absolute atomic E-state index is 0.0758. The van der Waals surface area contributed by atoms with E-state index in [1.54, 1.807) is 49.6 Å². The number of anilines is 1. The number of carbonyl (C=O) groups excluding carboxylic acids is 3. The third-order valence-corrected chi connectivity index (χ3v) is 6.58. The molecule has 1 atom stereocenters. The Labute approximate surface area is 225 Å². The smallest absolute Gasteiger partial charge is 0.323 e. The van der Waals surface area contributed by atoms with Crippen molar-refractivity contribution in [2.24, 2.45) is 5.73 Å². The number of methoxy groups -OCH3 is 1. The molecule has 5 rings (SSSR count). The van der Waals surface area contributed by atoms with Gasteiger partial charge in [0.15, 0.2) is 17.7 Å². The van der Waals surface area contributed by atoms with Gasteiger partial charge in [-0.2, -0.15) is 0 Å². The summed E-state index contributed by atoms with van der Waals surface area (Å²) in [5.41, 5.74) is 8.38. The third-order valence-electron chi connectivity index (χ3n) is 6.58. The molecular weight excluding hydrogens is 502 g/mol. The van der Waals surface area contributed by atoms with Gasteiger partial charge < -0.3 is 35.5 Å². The summed E-state index contributed by atoms with van der Waals surface area (Å²) in [5.74, 6) is 0.756. The zero-order valence-electron chi connectivity index (χ0n) is 21.4. The van der Waals surface area contributed by atoms with E-state index in [0.717, 1.165) is 11.1 Å². The zero-order valence-corrected chi connectivity index (χ0v) is 21.4. The first-order valence-corrected chi connectivity index (χ1v) is 12.4. The van der Waals surface area contributed by atoms with Gasteiger partial charge in [-0.05, 0) is 53.6 Å². The van der Waals surface area contributed by atoms with Crippen LogP contribution in [0.3, 0.4) is 0 Å². The average Bonchev–Trinajstić information content (AvgIpc) is 3.63. The van der Waals surface area contributed by atoms with Gasteiger partial charge in [-0.25, -0.2) is 4.79 Å². The molecule has 2 aliphatic rings. The highest BCUT2D eigenvalue weighted by Gasteiger charge is 2.43. The summed E-state index contributed by atoms with van der Waals surface area (Å²) >= 11 is 0. The number of fused-ring (bicyclic) bond motifs is 1. The monoisotopic (exact) mass is 531 g/mol. The Morgan fingerprint density at radius 1 is 0.949 bits per heavy atom. The molecule has 0 bridgehead atoms. The fourth-order valence-corrected chi connectivity index (χ4v) is 4.55. The van der Waals surface area contributed by atoms with Gasteiger partial charge in [0.2, 0.25) is 6.79 Å².